The van der Waals surface area contributed by atoms with E-state index in [0.717, 1.165) is 44.9 Å². The number of unbranched alkanes of at least 4 members (excludes halogenated alkanes) is 4. The van der Waals surface area contributed by atoms with Crippen molar-refractivity contribution in [2.24, 2.45) is 0 Å². The van der Waals surface area contributed by atoms with Crippen molar-refractivity contribution in [2.75, 3.05) is 0 Å². The molecule has 0 aliphatic carbocycles. The summed E-state index contributed by atoms with van der Waals surface area (Å²) in [6.07, 6.45) is 14.4. The lowest BCUT2D eigenvalue weighted by Gasteiger charge is -2.42. The lowest BCUT2D eigenvalue weighted by atomic mass is 9.94. The molecule has 0 aromatic heterocycles. The molecule has 0 aliphatic heterocycles. The van der Waals surface area contributed by atoms with Gasteiger partial charge in [-0.1, -0.05) is 37.7 Å². The molecule has 0 unspecified atom stereocenters. The number of rotatable bonds is 12. The zero-order valence-corrected chi connectivity index (χ0v) is 17.2. The zero-order valence-electron chi connectivity index (χ0n) is 16.2. The smallest absolute Gasteiger partial charge is 0.0933 e. The van der Waals surface area contributed by atoms with E-state index in [-0.39, 0.29) is 5.04 Å². The number of hydrogen-bond donors (Lipinski definition) is 1. The van der Waals surface area contributed by atoms with Crippen LogP contribution in [0.15, 0.2) is 43.2 Å². The first-order valence-corrected chi connectivity index (χ1v) is 12.6. The standard InChI is InChI=1S/C22H36OSi/c1-7-10-12-13-14-15-16-18-21(23)22(19-9-3,24(4,5)6)20-17-11-8-2/h7-8,15,18,21,23H,1-2,10-14,17,20H2,3-6H3/t16?,21-,22+/m1/s1. The summed E-state index contributed by atoms with van der Waals surface area (Å²) in [7, 11) is -1.71. The Morgan fingerprint density at radius 3 is 2.17 bits per heavy atom. The molecule has 24 heavy (non-hydrogen) atoms. The molecule has 0 heterocycles. The third-order valence-electron chi connectivity index (χ3n) is 4.55. The molecule has 0 bridgehead atoms. The summed E-state index contributed by atoms with van der Waals surface area (Å²) in [5.41, 5.74) is 3.20. The van der Waals surface area contributed by atoms with E-state index in [1.165, 1.54) is 0 Å². The van der Waals surface area contributed by atoms with Crippen molar-refractivity contribution >= 4 is 8.07 Å². The second-order valence-electron chi connectivity index (χ2n) is 7.33. The van der Waals surface area contributed by atoms with Crippen LogP contribution in [0.2, 0.25) is 24.7 Å². The molecule has 0 radical (unpaired) electrons. The van der Waals surface area contributed by atoms with E-state index in [0.29, 0.717) is 0 Å². The summed E-state index contributed by atoms with van der Waals surface area (Å²) >= 11 is 0. The Kier molecular flexibility index (Phi) is 11.5. The lowest BCUT2D eigenvalue weighted by Crippen LogP contribution is -2.46. The summed E-state index contributed by atoms with van der Waals surface area (Å²) in [5.74, 6) is 6.47. The van der Waals surface area contributed by atoms with Gasteiger partial charge in [-0.25, -0.2) is 0 Å². The van der Waals surface area contributed by atoms with E-state index in [9.17, 15) is 5.11 Å². The first-order chi connectivity index (χ1) is 11.4. The second-order valence-corrected chi connectivity index (χ2v) is 12.7. The molecular formula is C22H36OSi. The molecule has 0 fully saturated rings. The highest BCUT2D eigenvalue weighted by atomic mass is 28.3. The van der Waals surface area contributed by atoms with E-state index in [4.69, 9.17) is 0 Å². The Hall–Kier alpha value is -1.26. The number of aliphatic hydroxyl groups excluding tert-OH is 1. The summed E-state index contributed by atoms with van der Waals surface area (Å²) in [5, 5.41) is 10.6. The van der Waals surface area contributed by atoms with Gasteiger partial charge in [0.15, 0.2) is 0 Å². The van der Waals surface area contributed by atoms with Gasteiger partial charge in [0.25, 0.3) is 0 Å². The third-order valence-corrected chi connectivity index (χ3v) is 7.90. The molecule has 0 saturated carbocycles. The second kappa shape index (κ2) is 12.1. The minimum Gasteiger partial charge on any atom is -0.387 e. The van der Waals surface area contributed by atoms with Gasteiger partial charge in [0.1, 0.15) is 0 Å². The van der Waals surface area contributed by atoms with Crippen molar-refractivity contribution in [3.8, 4) is 11.8 Å². The fourth-order valence-corrected chi connectivity index (χ4v) is 5.36. The van der Waals surface area contributed by atoms with Crippen LogP contribution < -0.4 is 0 Å². The fraction of sp³-hybridized carbons (Fsp3) is 0.591. The molecular weight excluding hydrogens is 308 g/mol. The van der Waals surface area contributed by atoms with Crippen molar-refractivity contribution in [2.45, 2.75) is 82.7 Å². The molecule has 0 amide bonds. The third kappa shape index (κ3) is 7.54. The average molecular weight is 345 g/mol. The van der Waals surface area contributed by atoms with Crippen molar-refractivity contribution in [3.05, 3.63) is 43.2 Å². The largest absolute Gasteiger partial charge is 0.387 e. The van der Waals surface area contributed by atoms with E-state index in [1.54, 1.807) is 0 Å². The number of aliphatic hydroxyl groups is 1. The predicted octanol–water partition coefficient (Wildman–Crippen LogP) is 6.26. The van der Waals surface area contributed by atoms with Crippen molar-refractivity contribution < 1.29 is 5.11 Å². The maximum atomic E-state index is 10.9. The number of allylic oxidation sites excluding steroid dienone is 2. The Labute approximate surface area is 151 Å². The predicted molar refractivity (Wildman–Crippen MR) is 111 cm³/mol. The van der Waals surface area contributed by atoms with Crippen LogP contribution in [0.4, 0.5) is 0 Å². The molecule has 1 nitrogen and oxygen atoms in total. The van der Waals surface area contributed by atoms with Crippen LogP contribution in [0.1, 0.15) is 51.9 Å². The Morgan fingerprint density at radius 1 is 1.04 bits per heavy atom. The van der Waals surface area contributed by atoms with E-state index in [2.05, 4.69) is 50.4 Å². The fourth-order valence-electron chi connectivity index (χ4n) is 2.96. The lowest BCUT2D eigenvalue weighted by molar-refractivity contribution is 0.179. The van der Waals surface area contributed by atoms with Crippen LogP contribution in [-0.2, 0) is 0 Å². The molecule has 1 N–H and O–H groups in total. The topological polar surface area (TPSA) is 20.2 Å². The van der Waals surface area contributed by atoms with Gasteiger partial charge in [0, 0.05) is 0 Å². The van der Waals surface area contributed by atoms with E-state index >= 15 is 0 Å². The first-order valence-electron chi connectivity index (χ1n) is 9.10. The normalized spacial score (nSPS) is 14.4. The van der Waals surface area contributed by atoms with Gasteiger partial charge < -0.3 is 5.11 Å². The van der Waals surface area contributed by atoms with Crippen LogP contribution in [0, 0.1) is 11.8 Å². The number of hydrogen-bond acceptors (Lipinski definition) is 1. The summed E-state index contributed by atoms with van der Waals surface area (Å²) in [6, 6.07) is 0. The van der Waals surface area contributed by atoms with Crippen LogP contribution >= 0.6 is 0 Å². The minimum atomic E-state index is -1.71. The Morgan fingerprint density at radius 2 is 1.62 bits per heavy atom. The van der Waals surface area contributed by atoms with Gasteiger partial charge >= 0.3 is 0 Å². The van der Waals surface area contributed by atoms with Gasteiger partial charge in [-0.3, -0.25) is 0 Å². The molecule has 0 saturated heterocycles. The molecule has 2 atom stereocenters. The summed E-state index contributed by atoms with van der Waals surface area (Å²) in [6.45, 7) is 16.3. The van der Waals surface area contributed by atoms with Gasteiger partial charge in [0.2, 0.25) is 0 Å². The van der Waals surface area contributed by atoms with Crippen LogP contribution in [0.5, 0.6) is 0 Å². The van der Waals surface area contributed by atoms with E-state index < -0.39 is 14.2 Å². The Balaban J connectivity index is 5.16. The quantitative estimate of drug-likeness (QED) is 0.146. The maximum Gasteiger partial charge on any atom is 0.0933 e. The SMILES string of the molecule is C=CCCCCC=C=C[C@@H](O)[C@](C#CC)(CCCC=C)[Si](C)(C)C. The van der Waals surface area contributed by atoms with Crippen molar-refractivity contribution in [1.29, 1.82) is 0 Å². The first kappa shape index (κ1) is 22.7. The highest BCUT2D eigenvalue weighted by Gasteiger charge is 2.46. The average Bonchev–Trinajstić information content (AvgIpc) is 2.52. The van der Waals surface area contributed by atoms with Crippen LogP contribution in [-0.4, -0.2) is 19.3 Å². The summed E-state index contributed by atoms with van der Waals surface area (Å²) < 4.78 is 0. The van der Waals surface area contributed by atoms with Crippen LogP contribution in [0.3, 0.4) is 0 Å². The zero-order chi connectivity index (χ0) is 18.5. The van der Waals surface area contributed by atoms with Gasteiger partial charge in [-0.15, -0.1) is 24.8 Å². The Bertz CT molecular complexity index is 494. The molecule has 0 aromatic rings. The molecule has 0 rings (SSSR count). The van der Waals surface area contributed by atoms with Crippen LogP contribution in [0.25, 0.3) is 0 Å². The van der Waals surface area contributed by atoms with Gasteiger partial charge in [-0.2, -0.15) is 0 Å². The van der Waals surface area contributed by atoms with Crippen molar-refractivity contribution in [1.82, 2.24) is 0 Å². The summed E-state index contributed by atoms with van der Waals surface area (Å²) in [4.78, 5) is 0. The monoisotopic (exact) mass is 344 g/mol. The highest BCUT2D eigenvalue weighted by Crippen LogP contribution is 2.46. The van der Waals surface area contributed by atoms with Gasteiger partial charge in [-0.05, 0) is 64.0 Å². The molecule has 0 aliphatic rings. The highest BCUT2D eigenvalue weighted by molar-refractivity contribution is 6.80. The molecule has 2 heteroatoms. The van der Waals surface area contributed by atoms with Gasteiger partial charge in [0.05, 0.1) is 19.2 Å². The molecule has 0 aromatic carbocycles. The minimum absolute atomic E-state index is 0.325. The van der Waals surface area contributed by atoms with E-state index in [1.807, 2.05) is 31.2 Å². The van der Waals surface area contributed by atoms with Crippen molar-refractivity contribution in [3.63, 3.8) is 0 Å². The molecule has 0 spiro atoms. The molecule has 134 valence electrons. The maximum absolute atomic E-state index is 10.9.